The Morgan fingerprint density at radius 1 is 1.33 bits per heavy atom. The number of ether oxygens (including phenoxy) is 1. The zero-order chi connectivity index (χ0) is 14.3. The number of hydrogen-bond donors (Lipinski definition) is 2. The lowest BCUT2D eigenvalue weighted by molar-refractivity contribution is -0.138. The minimum Gasteiger partial charge on any atom is -0.479 e. The van der Waals surface area contributed by atoms with E-state index in [1.165, 1.54) is 18.2 Å². The van der Waals surface area contributed by atoms with Crippen LogP contribution in [-0.2, 0) is 9.53 Å². The fourth-order valence-corrected chi connectivity index (χ4v) is 1.13. The van der Waals surface area contributed by atoms with Crippen LogP contribution < -0.4 is 5.32 Å². The number of alkyl carbamates (subject to hydrolysis) is 1. The van der Waals surface area contributed by atoms with E-state index in [4.69, 9.17) is 9.84 Å². The maximum Gasteiger partial charge on any atom is 0.408 e. The van der Waals surface area contributed by atoms with E-state index in [0.717, 1.165) is 0 Å². The van der Waals surface area contributed by atoms with E-state index in [2.05, 4.69) is 18.5 Å². The van der Waals surface area contributed by atoms with Gasteiger partial charge < -0.3 is 15.2 Å². The quantitative estimate of drug-likeness (QED) is 0.737. The van der Waals surface area contributed by atoms with Gasteiger partial charge >= 0.3 is 12.1 Å². The molecule has 1 amide bonds. The van der Waals surface area contributed by atoms with E-state index in [1.807, 2.05) is 0 Å². The Balaban J connectivity index is 4.90. The van der Waals surface area contributed by atoms with Crippen molar-refractivity contribution in [3.63, 3.8) is 0 Å². The number of carbonyl (C=O) groups is 2. The highest BCUT2D eigenvalue weighted by Gasteiger charge is 2.25. The number of nitrogens with one attached hydrogen (secondary N) is 1. The van der Waals surface area contributed by atoms with Gasteiger partial charge in [0.1, 0.15) is 5.60 Å². The maximum atomic E-state index is 11.5. The molecule has 0 saturated carbocycles. The van der Waals surface area contributed by atoms with Crippen molar-refractivity contribution < 1.29 is 19.4 Å². The number of carboxylic acid groups (broad SMARTS) is 1. The summed E-state index contributed by atoms with van der Waals surface area (Å²) in [6.45, 7) is 12.0. The van der Waals surface area contributed by atoms with Gasteiger partial charge in [0, 0.05) is 0 Å². The molecule has 0 aliphatic carbocycles. The molecule has 0 aromatic heterocycles. The molecule has 0 aliphatic heterocycles. The summed E-state index contributed by atoms with van der Waals surface area (Å²) >= 11 is 0. The maximum absolute atomic E-state index is 11.5. The molecule has 0 bridgehead atoms. The number of aliphatic carboxylic acids is 1. The number of carbonyl (C=O) groups excluding carboxylic acids is 1. The number of amides is 1. The predicted octanol–water partition coefficient (Wildman–Crippen LogP) is 2.26. The highest BCUT2D eigenvalue weighted by Crippen LogP contribution is 2.09. The van der Waals surface area contributed by atoms with Gasteiger partial charge in [-0.3, -0.25) is 0 Å². The summed E-state index contributed by atoms with van der Waals surface area (Å²) in [5.41, 5.74) is -0.368. The molecule has 0 rings (SSSR count). The van der Waals surface area contributed by atoms with Crippen molar-refractivity contribution >= 4 is 12.1 Å². The summed E-state index contributed by atoms with van der Waals surface area (Å²) in [7, 11) is 0. The van der Waals surface area contributed by atoms with Crippen molar-refractivity contribution in [3.8, 4) is 0 Å². The summed E-state index contributed by atoms with van der Waals surface area (Å²) in [5, 5.41) is 11.3. The van der Waals surface area contributed by atoms with Crippen LogP contribution in [0.4, 0.5) is 4.79 Å². The average molecular weight is 253 g/mol. The fraction of sp³-hybridized carbons (Fsp3) is 0.385. The van der Waals surface area contributed by atoms with Gasteiger partial charge in [-0.25, -0.2) is 9.59 Å². The Hall–Kier alpha value is -2.04. The van der Waals surface area contributed by atoms with Crippen molar-refractivity contribution in [3.05, 3.63) is 37.0 Å². The molecule has 0 fully saturated rings. The zero-order valence-electron chi connectivity index (χ0n) is 10.9. The SMILES string of the molecule is C=C/C=C(\C=C)C(NC(=O)OC(C)(C)C)C(=O)O. The normalized spacial score (nSPS) is 13.4. The molecular weight excluding hydrogens is 234 g/mol. The van der Waals surface area contributed by atoms with Gasteiger partial charge in [-0.15, -0.1) is 0 Å². The molecule has 0 radical (unpaired) electrons. The third-order valence-corrected chi connectivity index (χ3v) is 1.79. The minimum absolute atomic E-state index is 0.323. The molecule has 0 saturated heterocycles. The number of carboxylic acids is 1. The minimum atomic E-state index is -1.21. The lowest BCUT2D eigenvalue weighted by atomic mass is 10.1. The van der Waals surface area contributed by atoms with Crippen LogP contribution in [0.5, 0.6) is 0 Å². The second-order valence-corrected chi connectivity index (χ2v) is 4.52. The molecule has 1 unspecified atom stereocenters. The molecule has 0 aromatic rings. The second-order valence-electron chi connectivity index (χ2n) is 4.52. The third-order valence-electron chi connectivity index (χ3n) is 1.79. The number of allylic oxidation sites excluding steroid dienone is 2. The molecule has 100 valence electrons. The average Bonchev–Trinajstić information content (AvgIpc) is 2.20. The first-order valence-electron chi connectivity index (χ1n) is 5.38. The Bertz CT molecular complexity index is 377. The van der Waals surface area contributed by atoms with Gasteiger partial charge in [0.15, 0.2) is 6.04 Å². The fourth-order valence-electron chi connectivity index (χ4n) is 1.13. The molecule has 1 atom stereocenters. The molecule has 0 aliphatic rings. The second kappa shape index (κ2) is 6.64. The zero-order valence-corrected chi connectivity index (χ0v) is 10.9. The van der Waals surface area contributed by atoms with Crippen molar-refractivity contribution in [2.45, 2.75) is 32.4 Å². The van der Waals surface area contributed by atoms with Crippen molar-refractivity contribution in [1.82, 2.24) is 5.32 Å². The molecule has 0 aromatic carbocycles. The molecule has 18 heavy (non-hydrogen) atoms. The van der Waals surface area contributed by atoms with Crippen LogP contribution in [0.2, 0.25) is 0 Å². The van der Waals surface area contributed by atoms with Gasteiger partial charge in [-0.1, -0.05) is 31.4 Å². The summed E-state index contributed by atoms with van der Waals surface area (Å²) < 4.78 is 4.99. The topological polar surface area (TPSA) is 75.6 Å². The highest BCUT2D eigenvalue weighted by atomic mass is 16.6. The van der Waals surface area contributed by atoms with Crippen LogP contribution in [0.1, 0.15) is 20.8 Å². The highest BCUT2D eigenvalue weighted by molar-refractivity contribution is 5.84. The third kappa shape index (κ3) is 5.89. The van der Waals surface area contributed by atoms with E-state index in [0.29, 0.717) is 5.57 Å². The van der Waals surface area contributed by atoms with Crippen LogP contribution in [-0.4, -0.2) is 28.8 Å². The monoisotopic (exact) mass is 253 g/mol. The van der Waals surface area contributed by atoms with Crippen LogP contribution in [0, 0.1) is 0 Å². The van der Waals surface area contributed by atoms with Crippen molar-refractivity contribution in [2.24, 2.45) is 0 Å². The molecule has 5 heteroatoms. The smallest absolute Gasteiger partial charge is 0.408 e. The van der Waals surface area contributed by atoms with E-state index in [-0.39, 0.29) is 0 Å². The van der Waals surface area contributed by atoms with Crippen LogP contribution in [0.3, 0.4) is 0 Å². The van der Waals surface area contributed by atoms with Crippen LogP contribution in [0.25, 0.3) is 0 Å². The first kappa shape index (κ1) is 16.0. The Kier molecular flexibility index (Phi) is 5.88. The van der Waals surface area contributed by atoms with Crippen LogP contribution >= 0.6 is 0 Å². The number of rotatable bonds is 5. The van der Waals surface area contributed by atoms with Gasteiger partial charge in [0.05, 0.1) is 0 Å². The Morgan fingerprint density at radius 2 is 1.89 bits per heavy atom. The van der Waals surface area contributed by atoms with Gasteiger partial charge in [-0.05, 0) is 26.3 Å². The largest absolute Gasteiger partial charge is 0.479 e. The summed E-state index contributed by atoms with van der Waals surface area (Å²) in [6.07, 6.45) is 3.43. The molecule has 0 spiro atoms. The summed E-state index contributed by atoms with van der Waals surface area (Å²) in [5.74, 6) is -1.20. The predicted molar refractivity (Wildman–Crippen MR) is 69.3 cm³/mol. The van der Waals surface area contributed by atoms with Gasteiger partial charge in [0.2, 0.25) is 0 Å². The summed E-state index contributed by atoms with van der Waals surface area (Å²) in [4.78, 5) is 22.6. The van der Waals surface area contributed by atoms with E-state index in [9.17, 15) is 9.59 Å². The lowest BCUT2D eigenvalue weighted by Gasteiger charge is -2.22. The van der Waals surface area contributed by atoms with E-state index >= 15 is 0 Å². The molecule has 5 nitrogen and oxygen atoms in total. The molecule has 2 N–H and O–H groups in total. The first-order valence-corrected chi connectivity index (χ1v) is 5.38. The van der Waals surface area contributed by atoms with Gasteiger partial charge in [0.25, 0.3) is 0 Å². The Labute approximate surface area is 107 Å². The first-order chi connectivity index (χ1) is 8.21. The standard InChI is InChI=1S/C13H19NO4/c1-6-8-9(7-2)10(11(15)16)14-12(17)18-13(3,4)5/h6-8,10H,1-2H2,3-5H3,(H,14,17)(H,15,16)/b9-8+. The molecular formula is C13H19NO4. The number of hydrogen-bond acceptors (Lipinski definition) is 3. The van der Waals surface area contributed by atoms with Gasteiger partial charge in [-0.2, -0.15) is 0 Å². The van der Waals surface area contributed by atoms with Crippen molar-refractivity contribution in [1.29, 1.82) is 0 Å². The molecule has 0 heterocycles. The van der Waals surface area contributed by atoms with E-state index in [1.54, 1.807) is 20.8 Å². The Morgan fingerprint density at radius 3 is 2.22 bits per heavy atom. The van der Waals surface area contributed by atoms with Crippen LogP contribution in [0.15, 0.2) is 37.0 Å². The van der Waals surface area contributed by atoms with E-state index < -0.39 is 23.7 Å². The lowest BCUT2D eigenvalue weighted by Crippen LogP contribution is -2.44. The summed E-state index contributed by atoms with van der Waals surface area (Å²) in [6, 6.07) is -1.21. The van der Waals surface area contributed by atoms with Crippen molar-refractivity contribution in [2.75, 3.05) is 0 Å².